The van der Waals surface area contributed by atoms with E-state index in [0.29, 0.717) is 22.1 Å². The number of carbonyl (C=O) groups excluding carboxylic acids is 2. The summed E-state index contributed by atoms with van der Waals surface area (Å²) in [7, 11) is 0. The van der Waals surface area contributed by atoms with Crippen LogP contribution < -0.4 is 16.0 Å². The Labute approximate surface area is 190 Å². The van der Waals surface area contributed by atoms with Crippen molar-refractivity contribution in [3.05, 3.63) is 59.4 Å². The molecular weight excluding hydrogens is 429 g/mol. The topological polar surface area (TPSA) is 96.0 Å². The van der Waals surface area contributed by atoms with E-state index in [9.17, 15) is 14.0 Å². The third kappa shape index (κ3) is 5.67. The molecule has 0 aliphatic heterocycles. The van der Waals surface area contributed by atoms with E-state index in [2.05, 4.69) is 26.1 Å². The van der Waals surface area contributed by atoms with E-state index in [-0.39, 0.29) is 17.6 Å². The van der Waals surface area contributed by atoms with Gasteiger partial charge in [0.15, 0.2) is 0 Å². The van der Waals surface area contributed by atoms with Gasteiger partial charge in [-0.25, -0.2) is 9.18 Å². The number of aromatic nitrogens is 2. The molecule has 168 valence electrons. The number of urea groups is 1. The molecule has 0 saturated carbocycles. The number of hydrogen-bond donors (Lipinski definition) is 3. The van der Waals surface area contributed by atoms with Crippen molar-refractivity contribution in [3.63, 3.8) is 0 Å². The van der Waals surface area contributed by atoms with E-state index in [1.165, 1.54) is 23.5 Å². The second-order valence-corrected chi connectivity index (χ2v) is 8.61. The molecule has 0 fully saturated rings. The Hall–Kier alpha value is -3.33. The Bertz CT molecular complexity index is 1080. The van der Waals surface area contributed by atoms with Crippen LogP contribution in [0.3, 0.4) is 0 Å². The minimum Gasteiger partial charge on any atom is -0.326 e. The number of hydrogen-bond acceptors (Lipinski definition) is 5. The van der Waals surface area contributed by atoms with Gasteiger partial charge in [0.05, 0.1) is 0 Å². The highest BCUT2D eigenvalue weighted by atomic mass is 32.1. The zero-order valence-corrected chi connectivity index (χ0v) is 19.2. The fourth-order valence-corrected chi connectivity index (χ4v) is 3.92. The van der Waals surface area contributed by atoms with Gasteiger partial charge in [-0.1, -0.05) is 49.8 Å². The molecule has 0 spiro atoms. The molecule has 9 heteroatoms. The maximum atomic E-state index is 13.1. The summed E-state index contributed by atoms with van der Waals surface area (Å²) >= 11 is 1.18. The number of nitrogens with zero attached hydrogens (tertiary/aromatic N) is 2. The summed E-state index contributed by atoms with van der Waals surface area (Å²) in [5.74, 6) is -0.825. The molecule has 0 bridgehead atoms. The fraction of sp³-hybridized carbons (Fsp3) is 0.304. The lowest BCUT2D eigenvalue weighted by atomic mass is 9.98. The zero-order valence-electron chi connectivity index (χ0n) is 18.4. The molecule has 3 N–H and O–H groups in total. The number of carbonyl (C=O) groups is 2. The number of rotatable bonds is 7. The number of halogens is 1. The molecule has 3 rings (SSSR count). The molecule has 3 aromatic rings. The molecule has 0 aliphatic rings. The first-order valence-corrected chi connectivity index (χ1v) is 11.1. The SMILES string of the molecule is CCC(C)C(NC(=O)Nc1c(C)cccc1C)C(=O)Nc1nnc(-c2ccc(F)cc2)s1. The first-order chi connectivity index (χ1) is 15.3. The third-order valence-corrected chi connectivity index (χ3v) is 6.14. The summed E-state index contributed by atoms with van der Waals surface area (Å²) in [4.78, 5) is 25.6. The molecule has 0 radical (unpaired) electrons. The molecule has 3 amide bonds. The molecule has 1 aromatic heterocycles. The quantitative estimate of drug-likeness (QED) is 0.460. The van der Waals surface area contributed by atoms with E-state index in [1.54, 1.807) is 12.1 Å². The maximum Gasteiger partial charge on any atom is 0.319 e. The first-order valence-electron chi connectivity index (χ1n) is 10.3. The van der Waals surface area contributed by atoms with Crippen molar-refractivity contribution < 1.29 is 14.0 Å². The van der Waals surface area contributed by atoms with E-state index in [0.717, 1.165) is 16.8 Å². The summed E-state index contributed by atoms with van der Waals surface area (Å²) in [6.45, 7) is 7.67. The minimum absolute atomic E-state index is 0.108. The summed E-state index contributed by atoms with van der Waals surface area (Å²) in [6, 6.07) is 10.4. The largest absolute Gasteiger partial charge is 0.326 e. The van der Waals surface area contributed by atoms with Gasteiger partial charge >= 0.3 is 6.03 Å². The average Bonchev–Trinajstić information content (AvgIpc) is 3.23. The van der Waals surface area contributed by atoms with Crippen molar-refractivity contribution in [2.45, 2.75) is 40.2 Å². The third-order valence-electron chi connectivity index (χ3n) is 5.25. The number of benzene rings is 2. The lowest BCUT2D eigenvalue weighted by Crippen LogP contribution is -2.49. The number of para-hydroxylation sites is 1. The van der Waals surface area contributed by atoms with Crippen molar-refractivity contribution in [2.75, 3.05) is 10.6 Å². The molecule has 7 nitrogen and oxygen atoms in total. The Morgan fingerprint density at radius 1 is 1.03 bits per heavy atom. The molecule has 1 heterocycles. The van der Waals surface area contributed by atoms with Crippen LogP contribution >= 0.6 is 11.3 Å². The predicted molar refractivity (Wildman–Crippen MR) is 125 cm³/mol. The standard InChI is InChI=1S/C23H26FN5O2S/c1-5-13(2)19(26-22(31)25-18-14(3)7-6-8-15(18)4)20(30)27-23-29-28-21(32-23)16-9-11-17(24)12-10-16/h6-13,19H,5H2,1-4H3,(H2,25,26,31)(H,27,29,30). The van der Waals surface area contributed by atoms with Gasteiger partial charge in [-0.05, 0) is 55.2 Å². The van der Waals surface area contributed by atoms with Crippen molar-refractivity contribution in [1.82, 2.24) is 15.5 Å². The zero-order chi connectivity index (χ0) is 23.3. The maximum absolute atomic E-state index is 13.1. The fourth-order valence-electron chi connectivity index (χ4n) is 3.17. The van der Waals surface area contributed by atoms with E-state index >= 15 is 0 Å². The Morgan fingerprint density at radius 3 is 2.31 bits per heavy atom. The minimum atomic E-state index is -0.762. The van der Waals surface area contributed by atoms with Crippen LogP contribution in [0.5, 0.6) is 0 Å². The molecule has 0 aliphatic carbocycles. The van der Waals surface area contributed by atoms with E-state index in [4.69, 9.17) is 0 Å². The van der Waals surface area contributed by atoms with Crippen molar-refractivity contribution in [1.29, 1.82) is 0 Å². The monoisotopic (exact) mass is 455 g/mol. The summed E-state index contributed by atoms with van der Waals surface area (Å²) in [6.07, 6.45) is 0.693. The first kappa shape index (κ1) is 23.3. The molecular formula is C23H26FN5O2S. The van der Waals surface area contributed by atoms with Crippen molar-refractivity contribution in [3.8, 4) is 10.6 Å². The molecule has 2 unspecified atom stereocenters. The van der Waals surface area contributed by atoms with Gasteiger partial charge in [0.25, 0.3) is 0 Å². The highest BCUT2D eigenvalue weighted by Crippen LogP contribution is 2.27. The second-order valence-electron chi connectivity index (χ2n) is 7.64. The van der Waals surface area contributed by atoms with Gasteiger partial charge in [-0.3, -0.25) is 10.1 Å². The lowest BCUT2D eigenvalue weighted by Gasteiger charge is -2.23. The molecule has 32 heavy (non-hydrogen) atoms. The highest BCUT2D eigenvalue weighted by molar-refractivity contribution is 7.18. The van der Waals surface area contributed by atoms with Gasteiger partial charge in [-0.15, -0.1) is 10.2 Å². The van der Waals surface area contributed by atoms with Crippen molar-refractivity contribution >= 4 is 34.1 Å². The summed E-state index contributed by atoms with van der Waals surface area (Å²) in [5.41, 5.74) is 3.30. The van der Waals surface area contributed by atoms with Crippen LogP contribution in [0.1, 0.15) is 31.4 Å². The molecule has 2 atom stereocenters. The van der Waals surface area contributed by atoms with Crippen LogP contribution in [-0.2, 0) is 4.79 Å². The van der Waals surface area contributed by atoms with Crippen LogP contribution in [0.2, 0.25) is 0 Å². The van der Waals surface area contributed by atoms with Gasteiger partial charge in [0.2, 0.25) is 11.0 Å². The van der Waals surface area contributed by atoms with Gasteiger partial charge in [-0.2, -0.15) is 0 Å². The summed E-state index contributed by atoms with van der Waals surface area (Å²) < 4.78 is 13.1. The Kier molecular flexibility index (Phi) is 7.53. The van der Waals surface area contributed by atoms with Crippen molar-refractivity contribution in [2.24, 2.45) is 5.92 Å². The second kappa shape index (κ2) is 10.3. The normalized spacial score (nSPS) is 12.7. The van der Waals surface area contributed by atoms with E-state index in [1.807, 2.05) is 45.9 Å². The molecule has 2 aromatic carbocycles. The molecule has 0 saturated heterocycles. The number of anilines is 2. The number of amides is 3. The van der Waals surface area contributed by atoms with Gasteiger partial charge in [0, 0.05) is 11.3 Å². The van der Waals surface area contributed by atoms with Crippen LogP contribution in [0.25, 0.3) is 10.6 Å². The van der Waals surface area contributed by atoms with Crippen LogP contribution in [0.4, 0.5) is 20.0 Å². The smallest absolute Gasteiger partial charge is 0.319 e. The lowest BCUT2D eigenvalue weighted by molar-refractivity contribution is -0.119. The highest BCUT2D eigenvalue weighted by Gasteiger charge is 2.27. The average molecular weight is 456 g/mol. The van der Waals surface area contributed by atoms with Crippen LogP contribution in [0.15, 0.2) is 42.5 Å². The number of aryl methyl sites for hydroxylation is 2. The summed E-state index contributed by atoms with van der Waals surface area (Å²) in [5, 5.41) is 17.3. The Balaban J connectivity index is 1.70. The van der Waals surface area contributed by atoms with Crippen LogP contribution in [-0.4, -0.2) is 28.2 Å². The predicted octanol–water partition coefficient (Wildman–Crippen LogP) is 5.14. The Morgan fingerprint density at radius 2 is 1.69 bits per heavy atom. The number of nitrogens with one attached hydrogen (secondary N) is 3. The van der Waals surface area contributed by atoms with E-state index < -0.39 is 12.1 Å². The van der Waals surface area contributed by atoms with Gasteiger partial charge < -0.3 is 10.6 Å². The van der Waals surface area contributed by atoms with Crippen LogP contribution in [0, 0.1) is 25.6 Å². The van der Waals surface area contributed by atoms with Gasteiger partial charge in [0.1, 0.15) is 16.9 Å².